The largest absolute Gasteiger partial charge is 0.447 e. The maximum atomic E-state index is 12.7. The van der Waals surface area contributed by atoms with Crippen LogP contribution < -0.4 is 0 Å². The molecule has 0 heterocycles. The molecule has 5 nitrogen and oxygen atoms in total. The highest BCUT2D eigenvalue weighted by Gasteiger charge is 2.25. The van der Waals surface area contributed by atoms with Crippen molar-refractivity contribution in [2.75, 3.05) is 0 Å². The zero-order valence-electron chi connectivity index (χ0n) is 12.4. The Kier molecular flexibility index (Phi) is 6.44. The molecule has 0 aliphatic carbocycles. The molecule has 6 heteroatoms. The van der Waals surface area contributed by atoms with Gasteiger partial charge < -0.3 is 9.47 Å². The van der Waals surface area contributed by atoms with Crippen LogP contribution in [0.3, 0.4) is 0 Å². The molecule has 0 fully saturated rings. The normalized spacial score (nSPS) is 11.4. The molecule has 0 N–H and O–H groups in total. The Balaban J connectivity index is 2.57. The summed E-state index contributed by atoms with van der Waals surface area (Å²) in [5.74, 6) is -2.90. The van der Waals surface area contributed by atoms with Crippen LogP contribution in [-0.2, 0) is 30.3 Å². The minimum Gasteiger partial charge on any atom is -0.447 e. The summed E-state index contributed by atoms with van der Waals surface area (Å²) in [5.41, 5.74) is 0.648. The molecule has 0 aliphatic rings. The van der Waals surface area contributed by atoms with E-state index in [1.807, 2.05) is 0 Å². The SMILES string of the molecule is C=C(C)C(=O)OC(CC)C(=O)OC(=O)Cc1ccc(F)cc1. The lowest BCUT2D eigenvalue weighted by Gasteiger charge is -2.14. The van der Waals surface area contributed by atoms with Gasteiger partial charge in [-0.3, -0.25) is 4.79 Å². The number of benzene rings is 1. The van der Waals surface area contributed by atoms with E-state index in [1.54, 1.807) is 6.92 Å². The molecule has 0 aromatic heterocycles. The van der Waals surface area contributed by atoms with Crippen LogP contribution in [0, 0.1) is 5.82 Å². The lowest BCUT2D eigenvalue weighted by molar-refractivity contribution is -0.172. The number of ether oxygens (including phenoxy) is 2. The molecule has 1 aromatic carbocycles. The highest BCUT2D eigenvalue weighted by molar-refractivity contribution is 5.92. The van der Waals surface area contributed by atoms with Gasteiger partial charge in [0.15, 0.2) is 6.10 Å². The van der Waals surface area contributed by atoms with Crippen molar-refractivity contribution in [1.29, 1.82) is 0 Å². The van der Waals surface area contributed by atoms with Gasteiger partial charge in [-0.2, -0.15) is 0 Å². The van der Waals surface area contributed by atoms with E-state index >= 15 is 0 Å². The second-order valence-electron chi connectivity index (χ2n) is 4.68. The maximum Gasteiger partial charge on any atom is 0.355 e. The van der Waals surface area contributed by atoms with Gasteiger partial charge in [-0.15, -0.1) is 0 Å². The van der Waals surface area contributed by atoms with E-state index in [4.69, 9.17) is 4.74 Å². The second-order valence-corrected chi connectivity index (χ2v) is 4.68. The van der Waals surface area contributed by atoms with E-state index in [9.17, 15) is 18.8 Å². The van der Waals surface area contributed by atoms with Gasteiger partial charge >= 0.3 is 17.9 Å². The van der Waals surface area contributed by atoms with Crippen molar-refractivity contribution in [3.05, 3.63) is 47.8 Å². The zero-order chi connectivity index (χ0) is 16.7. The second kappa shape index (κ2) is 8.07. The van der Waals surface area contributed by atoms with Crippen molar-refractivity contribution < 1.29 is 28.2 Å². The first-order chi connectivity index (χ1) is 10.3. The number of carbonyl (C=O) groups is 3. The van der Waals surface area contributed by atoms with Gasteiger partial charge in [0, 0.05) is 5.57 Å². The van der Waals surface area contributed by atoms with Crippen LogP contribution in [0.2, 0.25) is 0 Å². The molecule has 0 bridgehead atoms. The summed E-state index contributed by atoms with van der Waals surface area (Å²) in [5, 5.41) is 0. The van der Waals surface area contributed by atoms with Crippen LogP contribution in [-0.4, -0.2) is 24.0 Å². The Bertz CT molecular complexity index is 577. The summed E-state index contributed by atoms with van der Waals surface area (Å²) in [6, 6.07) is 5.24. The molecule has 22 heavy (non-hydrogen) atoms. The van der Waals surface area contributed by atoms with Crippen molar-refractivity contribution >= 4 is 17.9 Å². The molecule has 118 valence electrons. The Morgan fingerprint density at radius 3 is 2.32 bits per heavy atom. The number of halogens is 1. The fourth-order valence-corrected chi connectivity index (χ4v) is 1.51. The molecule has 0 spiro atoms. The molecule has 0 aliphatic heterocycles. The molecule has 1 unspecified atom stereocenters. The number of esters is 3. The predicted molar refractivity (Wildman–Crippen MR) is 76.2 cm³/mol. The van der Waals surface area contributed by atoms with Gasteiger partial charge in [0.25, 0.3) is 0 Å². The summed E-state index contributed by atoms with van der Waals surface area (Å²) in [7, 11) is 0. The van der Waals surface area contributed by atoms with E-state index in [2.05, 4.69) is 11.3 Å². The first-order valence-electron chi connectivity index (χ1n) is 6.69. The molecular formula is C16H17FO5. The molecule has 0 amide bonds. The summed E-state index contributed by atoms with van der Waals surface area (Å²) >= 11 is 0. The molecule has 0 radical (unpaired) electrons. The highest BCUT2D eigenvalue weighted by atomic mass is 19.1. The fourth-order valence-electron chi connectivity index (χ4n) is 1.51. The van der Waals surface area contributed by atoms with Crippen molar-refractivity contribution in [3.8, 4) is 0 Å². The van der Waals surface area contributed by atoms with E-state index in [0.717, 1.165) is 0 Å². The summed E-state index contributed by atoms with van der Waals surface area (Å²) in [4.78, 5) is 34.8. The van der Waals surface area contributed by atoms with Gasteiger partial charge in [-0.1, -0.05) is 25.6 Å². The number of rotatable bonds is 6. The highest BCUT2D eigenvalue weighted by Crippen LogP contribution is 2.08. The molecule has 0 saturated carbocycles. The van der Waals surface area contributed by atoms with Crippen molar-refractivity contribution in [2.24, 2.45) is 0 Å². The van der Waals surface area contributed by atoms with Crippen LogP contribution in [0.5, 0.6) is 0 Å². The standard InChI is InChI=1S/C16H17FO5/c1-4-13(21-15(19)10(2)3)16(20)22-14(18)9-11-5-7-12(17)8-6-11/h5-8,13H,2,4,9H2,1,3H3. The lowest BCUT2D eigenvalue weighted by Crippen LogP contribution is -2.31. The Morgan fingerprint density at radius 1 is 1.23 bits per heavy atom. The van der Waals surface area contributed by atoms with E-state index in [0.29, 0.717) is 5.56 Å². The van der Waals surface area contributed by atoms with Crippen LogP contribution in [0.1, 0.15) is 25.8 Å². The van der Waals surface area contributed by atoms with Gasteiger partial charge in [0.2, 0.25) is 0 Å². The van der Waals surface area contributed by atoms with Gasteiger partial charge in [0.05, 0.1) is 6.42 Å². The first kappa shape index (κ1) is 17.6. The Labute approximate surface area is 127 Å². The number of hydrogen-bond acceptors (Lipinski definition) is 5. The average Bonchev–Trinajstić information content (AvgIpc) is 2.46. The minimum absolute atomic E-state index is 0.142. The van der Waals surface area contributed by atoms with Crippen molar-refractivity contribution in [1.82, 2.24) is 0 Å². The van der Waals surface area contributed by atoms with Crippen LogP contribution >= 0.6 is 0 Å². The third-order valence-corrected chi connectivity index (χ3v) is 2.71. The summed E-state index contributed by atoms with van der Waals surface area (Å²) in [6.07, 6.45) is -1.18. The van der Waals surface area contributed by atoms with Gasteiger partial charge in [-0.05, 0) is 31.0 Å². The maximum absolute atomic E-state index is 12.7. The van der Waals surface area contributed by atoms with E-state index in [1.165, 1.54) is 31.2 Å². The van der Waals surface area contributed by atoms with E-state index < -0.39 is 29.8 Å². The molecule has 1 aromatic rings. The Morgan fingerprint density at radius 2 is 1.82 bits per heavy atom. The van der Waals surface area contributed by atoms with Crippen molar-refractivity contribution in [2.45, 2.75) is 32.8 Å². The average molecular weight is 308 g/mol. The topological polar surface area (TPSA) is 69.7 Å². The summed E-state index contributed by atoms with van der Waals surface area (Å²) < 4.78 is 22.3. The quantitative estimate of drug-likeness (QED) is 0.458. The Hall–Kier alpha value is -2.50. The zero-order valence-corrected chi connectivity index (χ0v) is 12.4. The summed E-state index contributed by atoms with van der Waals surface area (Å²) in [6.45, 7) is 6.46. The van der Waals surface area contributed by atoms with Crippen LogP contribution in [0.25, 0.3) is 0 Å². The molecular weight excluding hydrogens is 291 g/mol. The van der Waals surface area contributed by atoms with Gasteiger partial charge in [-0.25, -0.2) is 14.0 Å². The predicted octanol–water partition coefficient (Wildman–Crippen LogP) is 2.34. The lowest BCUT2D eigenvalue weighted by atomic mass is 10.1. The number of hydrogen-bond donors (Lipinski definition) is 0. The number of carbonyl (C=O) groups excluding carboxylic acids is 3. The van der Waals surface area contributed by atoms with Crippen molar-refractivity contribution in [3.63, 3.8) is 0 Å². The third kappa shape index (κ3) is 5.47. The van der Waals surface area contributed by atoms with Gasteiger partial charge in [0.1, 0.15) is 5.82 Å². The molecule has 1 atom stereocenters. The molecule has 1 rings (SSSR count). The minimum atomic E-state index is -1.17. The monoisotopic (exact) mass is 308 g/mol. The smallest absolute Gasteiger partial charge is 0.355 e. The fraction of sp³-hybridized carbons (Fsp3) is 0.312. The van der Waals surface area contributed by atoms with Crippen LogP contribution in [0.15, 0.2) is 36.4 Å². The van der Waals surface area contributed by atoms with Crippen LogP contribution in [0.4, 0.5) is 4.39 Å². The molecule has 0 saturated heterocycles. The van der Waals surface area contributed by atoms with E-state index in [-0.39, 0.29) is 18.4 Å². The third-order valence-electron chi connectivity index (χ3n) is 2.71. The first-order valence-corrected chi connectivity index (χ1v) is 6.69.